The minimum atomic E-state index is -0.317. The molecule has 0 unspecified atom stereocenters. The normalized spacial score (nSPS) is 13.9. The van der Waals surface area contributed by atoms with E-state index in [4.69, 9.17) is 9.47 Å². The molecule has 0 saturated carbocycles. The van der Waals surface area contributed by atoms with Gasteiger partial charge in [-0.05, 0) is 62.6 Å². The largest absolute Gasteiger partial charge is 0.497 e. The fourth-order valence-corrected chi connectivity index (χ4v) is 3.53. The minimum absolute atomic E-state index is 0.278. The number of rotatable bonds is 9. The van der Waals surface area contributed by atoms with Crippen LogP contribution in [-0.4, -0.2) is 43.6 Å². The Kier molecular flexibility index (Phi) is 6.90. The smallest absolute Gasteiger partial charge is 0.278 e. The number of nitrogens with zero attached hydrogens (tertiary/aromatic N) is 1. The van der Waals surface area contributed by atoms with E-state index in [9.17, 15) is 9.59 Å². The van der Waals surface area contributed by atoms with Gasteiger partial charge in [0.15, 0.2) is 0 Å². The summed E-state index contributed by atoms with van der Waals surface area (Å²) in [6.07, 6.45) is 0.599. The molecule has 1 N–H and O–H groups in total. The molecular weight excluding hydrogens is 380 g/mol. The van der Waals surface area contributed by atoms with Gasteiger partial charge in [-0.15, -0.1) is 0 Å². The maximum atomic E-state index is 13.3. The molecule has 0 radical (unpaired) electrons. The average Bonchev–Trinajstić information content (AvgIpc) is 2.96. The molecule has 0 fully saturated rings. The van der Waals surface area contributed by atoms with E-state index in [0.717, 1.165) is 22.4 Å². The summed E-state index contributed by atoms with van der Waals surface area (Å²) in [5.41, 5.74) is 4.24. The summed E-state index contributed by atoms with van der Waals surface area (Å²) in [5.74, 6) is 0.122. The third-order valence-electron chi connectivity index (χ3n) is 5.05. The van der Waals surface area contributed by atoms with Crippen molar-refractivity contribution >= 4 is 23.1 Å². The van der Waals surface area contributed by atoms with Crippen LogP contribution in [-0.2, 0) is 14.3 Å². The third-order valence-corrected chi connectivity index (χ3v) is 5.05. The van der Waals surface area contributed by atoms with Gasteiger partial charge in [0.2, 0.25) is 0 Å². The van der Waals surface area contributed by atoms with Gasteiger partial charge in [0, 0.05) is 25.4 Å². The Labute approximate surface area is 177 Å². The lowest BCUT2D eigenvalue weighted by Gasteiger charge is -2.15. The molecule has 0 bridgehead atoms. The topological polar surface area (TPSA) is 67.9 Å². The number of hydrogen-bond acceptors (Lipinski definition) is 5. The van der Waals surface area contributed by atoms with Gasteiger partial charge in [-0.25, -0.2) is 0 Å². The molecule has 0 spiro atoms. The van der Waals surface area contributed by atoms with Gasteiger partial charge < -0.3 is 14.8 Å². The Hall–Kier alpha value is -3.12. The Morgan fingerprint density at radius 2 is 1.73 bits per heavy atom. The Bertz CT molecular complexity index is 964. The molecule has 0 saturated heterocycles. The van der Waals surface area contributed by atoms with Gasteiger partial charge in [-0.1, -0.05) is 23.8 Å². The monoisotopic (exact) mass is 408 g/mol. The Morgan fingerprint density at radius 3 is 2.37 bits per heavy atom. The lowest BCUT2D eigenvalue weighted by atomic mass is 9.97. The summed E-state index contributed by atoms with van der Waals surface area (Å²) in [6, 6.07) is 13.1. The highest BCUT2D eigenvalue weighted by Gasteiger charge is 2.39. The van der Waals surface area contributed by atoms with Gasteiger partial charge in [-0.3, -0.25) is 14.5 Å². The molecule has 30 heavy (non-hydrogen) atoms. The molecule has 1 heterocycles. The summed E-state index contributed by atoms with van der Waals surface area (Å²) >= 11 is 0. The molecule has 3 rings (SSSR count). The van der Waals surface area contributed by atoms with Crippen molar-refractivity contribution in [2.24, 2.45) is 0 Å². The van der Waals surface area contributed by atoms with Crippen LogP contribution >= 0.6 is 0 Å². The van der Waals surface area contributed by atoms with Crippen molar-refractivity contribution in [1.29, 1.82) is 0 Å². The molecule has 2 amide bonds. The molecule has 1 aliphatic heterocycles. The van der Waals surface area contributed by atoms with E-state index >= 15 is 0 Å². The summed E-state index contributed by atoms with van der Waals surface area (Å²) in [4.78, 5) is 27.8. The molecule has 0 aliphatic carbocycles. The number of carbonyl (C=O) groups is 2. The SMILES string of the molecule is CCOCCCN1C(=O)C(Nc2ccc(OC)cc2)=C(c2ccc(C)cc2C)C1=O. The summed E-state index contributed by atoms with van der Waals surface area (Å²) < 4.78 is 10.6. The average molecular weight is 408 g/mol. The van der Waals surface area contributed by atoms with E-state index < -0.39 is 0 Å². The Morgan fingerprint density at radius 1 is 1.00 bits per heavy atom. The van der Waals surface area contributed by atoms with Crippen molar-refractivity contribution in [3.63, 3.8) is 0 Å². The second kappa shape index (κ2) is 9.59. The summed E-state index contributed by atoms with van der Waals surface area (Å²) in [5, 5.41) is 3.18. The maximum Gasteiger partial charge on any atom is 0.278 e. The molecular formula is C24H28N2O4. The zero-order chi connectivity index (χ0) is 21.7. The molecule has 158 valence electrons. The predicted molar refractivity (Wildman–Crippen MR) is 117 cm³/mol. The maximum absolute atomic E-state index is 13.3. The highest BCUT2D eigenvalue weighted by molar-refractivity contribution is 6.36. The number of aryl methyl sites for hydroxylation is 2. The van der Waals surface area contributed by atoms with Crippen LogP contribution in [0.3, 0.4) is 0 Å². The van der Waals surface area contributed by atoms with E-state index in [1.54, 1.807) is 19.2 Å². The van der Waals surface area contributed by atoms with Crippen LogP contribution in [0.2, 0.25) is 0 Å². The van der Waals surface area contributed by atoms with E-state index in [-0.39, 0.29) is 11.8 Å². The summed E-state index contributed by atoms with van der Waals surface area (Å²) in [6.45, 7) is 7.31. The van der Waals surface area contributed by atoms with Crippen LogP contribution in [0.4, 0.5) is 5.69 Å². The number of benzene rings is 2. The van der Waals surface area contributed by atoms with Crippen LogP contribution in [0, 0.1) is 13.8 Å². The lowest BCUT2D eigenvalue weighted by Crippen LogP contribution is -2.34. The van der Waals surface area contributed by atoms with Gasteiger partial charge in [0.05, 0.1) is 12.7 Å². The number of amides is 2. The number of imide groups is 1. The van der Waals surface area contributed by atoms with Crippen LogP contribution in [0.5, 0.6) is 5.75 Å². The van der Waals surface area contributed by atoms with Crippen molar-refractivity contribution in [1.82, 2.24) is 4.90 Å². The Balaban J connectivity index is 1.96. The first-order chi connectivity index (χ1) is 14.5. The molecule has 1 aliphatic rings. The first kappa shape index (κ1) is 21.6. The molecule has 2 aromatic carbocycles. The van der Waals surface area contributed by atoms with Crippen LogP contribution in [0.25, 0.3) is 5.57 Å². The van der Waals surface area contributed by atoms with Crippen molar-refractivity contribution in [2.75, 3.05) is 32.2 Å². The van der Waals surface area contributed by atoms with E-state index in [0.29, 0.717) is 43.1 Å². The minimum Gasteiger partial charge on any atom is -0.497 e. The molecule has 0 atom stereocenters. The van der Waals surface area contributed by atoms with Crippen LogP contribution in [0.1, 0.15) is 30.0 Å². The second-order valence-corrected chi connectivity index (χ2v) is 7.23. The zero-order valence-electron chi connectivity index (χ0n) is 18.0. The highest BCUT2D eigenvalue weighted by atomic mass is 16.5. The number of ether oxygens (including phenoxy) is 2. The van der Waals surface area contributed by atoms with Gasteiger partial charge in [-0.2, -0.15) is 0 Å². The first-order valence-corrected chi connectivity index (χ1v) is 10.1. The third kappa shape index (κ3) is 4.54. The molecule has 0 aromatic heterocycles. The number of carbonyl (C=O) groups excluding carboxylic acids is 2. The molecule has 6 nitrogen and oxygen atoms in total. The quantitative estimate of drug-likeness (QED) is 0.503. The predicted octanol–water partition coefficient (Wildman–Crippen LogP) is 3.93. The molecule has 2 aromatic rings. The van der Waals surface area contributed by atoms with Gasteiger partial charge >= 0.3 is 0 Å². The van der Waals surface area contributed by atoms with E-state index in [2.05, 4.69) is 5.32 Å². The first-order valence-electron chi connectivity index (χ1n) is 10.1. The molecule has 6 heteroatoms. The van der Waals surface area contributed by atoms with Crippen molar-refractivity contribution in [3.8, 4) is 5.75 Å². The number of hydrogen-bond donors (Lipinski definition) is 1. The highest BCUT2D eigenvalue weighted by Crippen LogP contribution is 2.33. The number of nitrogens with one attached hydrogen (secondary N) is 1. The van der Waals surface area contributed by atoms with Crippen molar-refractivity contribution in [2.45, 2.75) is 27.2 Å². The fraction of sp³-hybridized carbons (Fsp3) is 0.333. The van der Waals surface area contributed by atoms with Crippen LogP contribution < -0.4 is 10.1 Å². The van der Waals surface area contributed by atoms with Crippen LogP contribution in [0.15, 0.2) is 48.2 Å². The fourth-order valence-electron chi connectivity index (χ4n) is 3.53. The number of methoxy groups -OCH3 is 1. The van der Waals surface area contributed by atoms with Gasteiger partial charge in [0.25, 0.3) is 11.8 Å². The standard InChI is InChI=1S/C24H28N2O4/c1-5-30-14-6-13-26-23(27)21(20-12-7-16(2)15-17(20)3)22(24(26)28)25-18-8-10-19(29-4)11-9-18/h7-12,15,25H,5-6,13-14H2,1-4H3. The van der Waals surface area contributed by atoms with E-state index in [1.807, 2.05) is 51.1 Å². The number of anilines is 1. The van der Waals surface area contributed by atoms with Crippen molar-refractivity contribution in [3.05, 3.63) is 64.9 Å². The lowest BCUT2D eigenvalue weighted by molar-refractivity contribution is -0.137. The van der Waals surface area contributed by atoms with Gasteiger partial charge in [0.1, 0.15) is 11.4 Å². The summed E-state index contributed by atoms with van der Waals surface area (Å²) in [7, 11) is 1.60. The van der Waals surface area contributed by atoms with E-state index in [1.165, 1.54) is 4.90 Å². The zero-order valence-corrected chi connectivity index (χ0v) is 18.0. The second-order valence-electron chi connectivity index (χ2n) is 7.23. The van der Waals surface area contributed by atoms with Crippen molar-refractivity contribution < 1.29 is 19.1 Å².